The van der Waals surface area contributed by atoms with Gasteiger partial charge in [-0.1, -0.05) is 38.1 Å². The van der Waals surface area contributed by atoms with E-state index in [1.807, 2.05) is 5.38 Å². The van der Waals surface area contributed by atoms with Crippen LogP contribution >= 0.6 is 11.3 Å². The number of benzene rings is 2. The quantitative estimate of drug-likeness (QED) is 0.673. The molecule has 0 bridgehead atoms. The van der Waals surface area contributed by atoms with E-state index in [0.29, 0.717) is 17.2 Å². The summed E-state index contributed by atoms with van der Waals surface area (Å²) in [5.74, 6) is -0.162. The van der Waals surface area contributed by atoms with Gasteiger partial charge in [0.25, 0.3) is 0 Å². The molecule has 27 heavy (non-hydrogen) atoms. The SMILES string of the molecule is CC(C)c1ccc(-c2nc(CC(=O)Nc3ccc(C(N)=O)cc3)cs2)cc1. The normalized spacial score (nSPS) is 10.8. The number of amides is 2. The molecule has 0 fully saturated rings. The molecule has 2 amide bonds. The number of aromatic nitrogens is 1. The molecule has 138 valence electrons. The Kier molecular flexibility index (Phi) is 5.66. The van der Waals surface area contributed by atoms with E-state index in [4.69, 9.17) is 5.73 Å². The number of carbonyl (C=O) groups excluding carboxylic acids is 2. The second-order valence-electron chi connectivity index (χ2n) is 6.59. The van der Waals surface area contributed by atoms with Crippen molar-refractivity contribution < 1.29 is 9.59 Å². The number of nitrogens with two attached hydrogens (primary N) is 1. The Balaban J connectivity index is 1.63. The van der Waals surface area contributed by atoms with E-state index in [1.165, 1.54) is 16.9 Å². The van der Waals surface area contributed by atoms with Gasteiger partial charge in [-0.05, 0) is 35.7 Å². The highest BCUT2D eigenvalue weighted by atomic mass is 32.1. The van der Waals surface area contributed by atoms with E-state index in [9.17, 15) is 9.59 Å². The predicted octanol–water partition coefficient (Wildman–Crippen LogP) is 4.21. The minimum Gasteiger partial charge on any atom is -0.366 e. The molecule has 2 aromatic carbocycles. The fourth-order valence-electron chi connectivity index (χ4n) is 2.62. The number of primary amides is 1. The zero-order valence-electron chi connectivity index (χ0n) is 15.2. The molecule has 0 unspecified atom stereocenters. The minimum atomic E-state index is -0.496. The van der Waals surface area contributed by atoms with Crippen molar-refractivity contribution >= 4 is 28.8 Å². The third-order valence-corrected chi connectivity index (χ3v) is 5.11. The Labute approximate surface area is 162 Å². The lowest BCUT2D eigenvalue weighted by Gasteiger charge is -2.05. The van der Waals surface area contributed by atoms with Crippen molar-refractivity contribution in [3.8, 4) is 10.6 Å². The number of carbonyl (C=O) groups is 2. The predicted molar refractivity (Wildman–Crippen MR) is 109 cm³/mol. The van der Waals surface area contributed by atoms with Gasteiger partial charge in [0.05, 0.1) is 12.1 Å². The highest BCUT2D eigenvalue weighted by Gasteiger charge is 2.10. The third kappa shape index (κ3) is 4.80. The van der Waals surface area contributed by atoms with E-state index in [1.54, 1.807) is 24.3 Å². The van der Waals surface area contributed by atoms with Gasteiger partial charge in [-0.15, -0.1) is 11.3 Å². The Hall–Kier alpha value is -2.99. The fraction of sp³-hybridized carbons (Fsp3) is 0.190. The van der Waals surface area contributed by atoms with Crippen LogP contribution in [0.15, 0.2) is 53.9 Å². The summed E-state index contributed by atoms with van der Waals surface area (Å²) < 4.78 is 0. The molecule has 6 heteroatoms. The van der Waals surface area contributed by atoms with E-state index >= 15 is 0 Å². The fourth-order valence-corrected chi connectivity index (χ4v) is 3.44. The highest BCUT2D eigenvalue weighted by Crippen LogP contribution is 2.26. The number of thiazole rings is 1. The number of hydrogen-bond acceptors (Lipinski definition) is 4. The number of nitrogens with zero attached hydrogens (tertiary/aromatic N) is 1. The largest absolute Gasteiger partial charge is 0.366 e. The van der Waals surface area contributed by atoms with Crippen LogP contribution in [0.5, 0.6) is 0 Å². The number of hydrogen-bond donors (Lipinski definition) is 2. The standard InChI is InChI=1S/C21H21N3O2S/c1-13(2)14-3-5-16(6-4-14)21-24-18(12-27-21)11-19(25)23-17-9-7-15(8-10-17)20(22)26/h3-10,12-13H,11H2,1-2H3,(H2,22,26)(H,23,25). The van der Waals surface area contributed by atoms with Crippen molar-refractivity contribution in [2.75, 3.05) is 5.32 Å². The molecule has 5 nitrogen and oxygen atoms in total. The summed E-state index contributed by atoms with van der Waals surface area (Å²) in [5, 5.41) is 5.61. The van der Waals surface area contributed by atoms with E-state index in [0.717, 1.165) is 16.3 Å². The molecule has 1 heterocycles. The molecule has 0 saturated carbocycles. The van der Waals surface area contributed by atoms with Crippen LogP contribution in [0.3, 0.4) is 0 Å². The molecule has 0 saturated heterocycles. The molecule has 0 atom stereocenters. The van der Waals surface area contributed by atoms with Crippen molar-refractivity contribution in [1.82, 2.24) is 4.98 Å². The van der Waals surface area contributed by atoms with E-state index in [-0.39, 0.29) is 12.3 Å². The maximum atomic E-state index is 12.2. The van der Waals surface area contributed by atoms with Crippen LogP contribution in [0.25, 0.3) is 10.6 Å². The maximum Gasteiger partial charge on any atom is 0.248 e. The molecule has 3 aromatic rings. The zero-order valence-corrected chi connectivity index (χ0v) is 16.0. The lowest BCUT2D eigenvalue weighted by molar-refractivity contribution is -0.115. The molecular formula is C21H21N3O2S. The van der Waals surface area contributed by atoms with Gasteiger partial charge in [0.15, 0.2) is 0 Å². The zero-order chi connectivity index (χ0) is 19.4. The first-order valence-electron chi connectivity index (χ1n) is 8.67. The summed E-state index contributed by atoms with van der Waals surface area (Å²) in [7, 11) is 0. The third-order valence-electron chi connectivity index (χ3n) is 4.17. The highest BCUT2D eigenvalue weighted by molar-refractivity contribution is 7.13. The molecule has 3 N–H and O–H groups in total. The van der Waals surface area contributed by atoms with Crippen molar-refractivity contribution in [1.29, 1.82) is 0 Å². The number of nitrogens with one attached hydrogen (secondary N) is 1. The Morgan fingerprint density at radius 2 is 1.74 bits per heavy atom. The van der Waals surface area contributed by atoms with E-state index < -0.39 is 5.91 Å². The molecule has 0 radical (unpaired) electrons. The van der Waals surface area contributed by atoms with Gasteiger partial charge in [-0.3, -0.25) is 9.59 Å². The number of rotatable bonds is 6. The average Bonchev–Trinajstić information content (AvgIpc) is 3.10. The van der Waals surface area contributed by atoms with Gasteiger partial charge in [0.1, 0.15) is 5.01 Å². The average molecular weight is 379 g/mol. The van der Waals surface area contributed by atoms with E-state index in [2.05, 4.69) is 48.4 Å². The minimum absolute atomic E-state index is 0.158. The Morgan fingerprint density at radius 1 is 1.07 bits per heavy atom. The van der Waals surface area contributed by atoms with Crippen LogP contribution in [0.4, 0.5) is 5.69 Å². The maximum absolute atomic E-state index is 12.2. The van der Waals surface area contributed by atoms with Gasteiger partial charge in [0.2, 0.25) is 11.8 Å². The van der Waals surface area contributed by atoms with Crippen LogP contribution in [0.2, 0.25) is 0 Å². The summed E-state index contributed by atoms with van der Waals surface area (Å²) in [6.07, 6.45) is 0.193. The summed E-state index contributed by atoms with van der Waals surface area (Å²) in [6, 6.07) is 14.8. The molecular weight excluding hydrogens is 358 g/mol. The first kappa shape index (κ1) is 18.8. The first-order valence-corrected chi connectivity index (χ1v) is 9.55. The van der Waals surface area contributed by atoms with Gasteiger partial charge in [-0.2, -0.15) is 0 Å². The van der Waals surface area contributed by atoms with Gasteiger partial charge >= 0.3 is 0 Å². The van der Waals surface area contributed by atoms with Crippen molar-refractivity contribution in [2.45, 2.75) is 26.2 Å². The van der Waals surface area contributed by atoms with Crippen molar-refractivity contribution in [2.24, 2.45) is 5.73 Å². The van der Waals surface area contributed by atoms with Crippen molar-refractivity contribution in [3.05, 3.63) is 70.7 Å². The van der Waals surface area contributed by atoms with Gasteiger partial charge in [-0.25, -0.2) is 4.98 Å². The van der Waals surface area contributed by atoms with Crippen LogP contribution in [0, 0.1) is 0 Å². The second kappa shape index (κ2) is 8.14. The smallest absolute Gasteiger partial charge is 0.248 e. The first-order chi connectivity index (χ1) is 12.9. The van der Waals surface area contributed by atoms with Crippen LogP contribution in [0.1, 0.15) is 41.4 Å². The Morgan fingerprint density at radius 3 is 2.33 bits per heavy atom. The van der Waals surface area contributed by atoms with Gasteiger partial charge in [0, 0.05) is 22.2 Å². The Bertz CT molecular complexity index is 944. The molecule has 0 aliphatic carbocycles. The lowest BCUT2D eigenvalue weighted by Crippen LogP contribution is -2.15. The summed E-state index contributed by atoms with van der Waals surface area (Å²) in [5.41, 5.74) is 9.30. The van der Waals surface area contributed by atoms with Gasteiger partial charge < -0.3 is 11.1 Å². The van der Waals surface area contributed by atoms with Crippen molar-refractivity contribution in [3.63, 3.8) is 0 Å². The molecule has 0 aliphatic heterocycles. The second-order valence-corrected chi connectivity index (χ2v) is 7.45. The molecule has 1 aromatic heterocycles. The van der Waals surface area contributed by atoms with Crippen LogP contribution in [-0.2, 0) is 11.2 Å². The molecule has 0 spiro atoms. The molecule has 0 aliphatic rings. The number of anilines is 1. The molecule has 3 rings (SSSR count). The summed E-state index contributed by atoms with van der Waals surface area (Å²) in [6.45, 7) is 4.33. The monoisotopic (exact) mass is 379 g/mol. The summed E-state index contributed by atoms with van der Waals surface area (Å²) in [4.78, 5) is 27.9. The summed E-state index contributed by atoms with van der Waals surface area (Å²) >= 11 is 1.53. The lowest BCUT2D eigenvalue weighted by atomic mass is 10.0. The topological polar surface area (TPSA) is 85.1 Å². The van der Waals surface area contributed by atoms with Crippen LogP contribution in [-0.4, -0.2) is 16.8 Å². The van der Waals surface area contributed by atoms with Crippen LogP contribution < -0.4 is 11.1 Å².